The second-order valence-corrected chi connectivity index (χ2v) is 6.50. The molecular weight excluding hydrogens is 310 g/mol. The van der Waals surface area contributed by atoms with Crippen molar-refractivity contribution in [3.63, 3.8) is 0 Å². The molecule has 6 heteroatoms. The highest BCUT2D eigenvalue weighted by molar-refractivity contribution is 5.54. The topological polar surface area (TPSA) is 53.6 Å². The Morgan fingerprint density at radius 3 is 2.67 bits per heavy atom. The van der Waals surface area contributed by atoms with Crippen LogP contribution in [0.5, 0.6) is 0 Å². The summed E-state index contributed by atoms with van der Waals surface area (Å²) in [7, 11) is 0. The van der Waals surface area contributed by atoms with Gasteiger partial charge in [0, 0.05) is 30.3 Å². The number of piperidine rings is 1. The minimum Gasteiger partial charge on any atom is -0.342 e. The fourth-order valence-corrected chi connectivity index (χ4v) is 3.58. The third-order valence-electron chi connectivity index (χ3n) is 4.64. The molecule has 3 aliphatic heterocycles. The molecule has 1 fully saturated rings. The van der Waals surface area contributed by atoms with Gasteiger partial charge in [0.05, 0.1) is 11.9 Å². The van der Waals surface area contributed by atoms with E-state index in [1.165, 1.54) is 12.1 Å². The van der Waals surface area contributed by atoms with Crippen LogP contribution in [0.1, 0.15) is 43.1 Å². The second kappa shape index (κ2) is 5.94. The third-order valence-corrected chi connectivity index (χ3v) is 4.64. The molecule has 124 valence electrons. The lowest BCUT2D eigenvalue weighted by Crippen LogP contribution is -2.38. The van der Waals surface area contributed by atoms with Crippen molar-refractivity contribution < 1.29 is 8.78 Å². The monoisotopic (exact) mass is 328 g/mol. The summed E-state index contributed by atoms with van der Waals surface area (Å²) >= 11 is 0. The molecule has 3 aliphatic rings. The van der Waals surface area contributed by atoms with Crippen LogP contribution in [0, 0.1) is 11.6 Å². The minimum atomic E-state index is -0.546. The number of aromatic nitrogens is 3. The molecular formula is C18H18F2N4. The first-order valence-electron chi connectivity index (χ1n) is 8.10. The maximum Gasteiger partial charge on any atom is 0.126 e. The van der Waals surface area contributed by atoms with Crippen molar-refractivity contribution in [2.45, 2.75) is 37.8 Å². The van der Waals surface area contributed by atoms with Crippen LogP contribution < -0.4 is 5.32 Å². The number of rotatable bonds is 2. The van der Waals surface area contributed by atoms with E-state index in [9.17, 15) is 8.78 Å². The van der Waals surface area contributed by atoms with E-state index >= 15 is 0 Å². The van der Waals surface area contributed by atoms with E-state index in [0.717, 1.165) is 36.1 Å². The predicted molar refractivity (Wildman–Crippen MR) is 86.7 cm³/mol. The highest BCUT2D eigenvalue weighted by atomic mass is 19.1. The molecule has 0 saturated carbocycles. The molecule has 0 amide bonds. The molecule has 1 saturated heterocycles. The van der Waals surface area contributed by atoms with Crippen molar-refractivity contribution in [1.29, 1.82) is 0 Å². The molecule has 24 heavy (non-hydrogen) atoms. The van der Waals surface area contributed by atoms with Gasteiger partial charge in [0.15, 0.2) is 0 Å². The van der Waals surface area contributed by atoms with Gasteiger partial charge in [0.1, 0.15) is 23.2 Å². The molecule has 3 atom stereocenters. The van der Waals surface area contributed by atoms with Crippen molar-refractivity contribution in [3.05, 3.63) is 59.7 Å². The highest BCUT2D eigenvalue weighted by Crippen LogP contribution is 2.36. The quantitative estimate of drug-likeness (QED) is 0.753. The molecule has 0 aromatic heterocycles. The van der Waals surface area contributed by atoms with Crippen LogP contribution in [0.3, 0.4) is 0 Å². The summed E-state index contributed by atoms with van der Waals surface area (Å²) < 4.78 is 27.1. The van der Waals surface area contributed by atoms with Gasteiger partial charge in [-0.25, -0.2) is 13.8 Å². The largest absolute Gasteiger partial charge is 0.342 e. The molecule has 0 aliphatic carbocycles. The van der Waals surface area contributed by atoms with E-state index in [-0.39, 0.29) is 18.0 Å². The zero-order valence-corrected chi connectivity index (χ0v) is 13.3. The van der Waals surface area contributed by atoms with Crippen LogP contribution in [0.15, 0.2) is 36.7 Å². The molecule has 1 aromatic rings. The third kappa shape index (κ3) is 2.89. The Kier molecular flexibility index (Phi) is 3.76. The van der Waals surface area contributed by atoms with Crippen LogP contribution >= 0.6 is 0 Å². The molecule has 2 N–H and O–H groups in total. The van der Waals surface area contributed by atoms with Crippen molar-refractivity contribution in [2.24, 2.45) is 0 Å². The standard InChI is InChI=1S/C18H18F2N4/c1-10-4-12(18-22-9-17-15(24-18)2-3-21-17)7-16(23-10)11-5-13(19)8-14(20)6-11/h2-3,5-6,8-10,12,16,23H,4,7H2,1H3,(H,22,24). The predicted octanol–water partition coefficient (Wildman–Crippen LogP) is 3.78. The fraction of sp³-hybridized carbons (Fsp3) is 0.333. The summed E-state index contributed by atoms with van der Waals surface area (Å²) in [4.78, 5) is 12.1. The zero-order chi connectivity index (χ0) is 16.7. The highest BCUT2D eigenvalue weighted by Gasteiger charge is 2.30. The van der Waals surface area contributed by atoms with E-state index in [1.807, 2.05) is 6.07 Å². The Hall–Kier alpha value is -2.34. The normalized spacial score (nSPS) is 24.4. The smallest absolute Gasteiger partial charge is 0.126 e. The van der Waals surface area contributed by atoms with E-state index < -0.39 is 11.6 Å². The van der Waals surface area contributed by atoms with Crippen LogP contribution in [-0.4, -0.2) is 21.0 Å². The Morgan fingerprint density at radius 2 is 1.88 bits per heavy atom. The zero-order valence-electron chi connectivity index (χ0n) is 13.3. The second-order valence-electron chi connectivity index (χ2n) is 6.50. The molecule has 1 aromatic carbocycles. The summed E-state index contributed by atoms with van der Waals surface area (Å²) in [5, 5.41) is 3.43. The van der Waals surface area contributed by atoms with Gasteiger partial charge in [-0.1, -0.05) is 0 Å². The first kappa shape index (κ1) is 15.2. The van der Waals surface area contributed by atoms with Gasteiger partial charge in [-0.05, 0) is 43.5 Å². The van der Waals surface area contributed by atoms with E-state index in [2.05, 4.69) is 27.2 Å². The number of halogens is 2. The number of nitrogens with one attached hydrogen (secondary N) is 2. The Balaban J connectivity index is 1.64. The number of hydrogen-bond acceptors (Lipinski definition) is 3. The minimum absolute atomic E-state index is 0.104. The summed E-state index contributed by atoms with van der Waals surface area (Å²) in [6.07, 6.45) is 5.16. The molecule has 3 heterocycles. The summed E-state index contributed by atoms with van der Waals surface area (Å²) in [5.41, 5.74) is 2.43. The fourth-order valence-electron chi connectivity index (χ4n) is 3.58. The van der Waals surface area contributed by atoms with Crippen molar-refractivity contribution in [3.8, 4) is 11.4 Å². The van der Waals surface area contributed by atoms with Crippen molar-refractivity contribution >= 4 is 0 Å². The molecule has 0 bridgehead atoms. The van der Waals surface area contributed by atoms with Gasteiger partial charge in [0.2, 0.25) is 0 Å². The maximum atomic E-state index is 13.5. The first-order chi connectivity index (χ1) is 11.6. The van der Waals surface area contributed by atoms with E-state index in [1.54, 1.807) is 12.4 Å². The average Bonchev–Trinajstić information content (AvgIpc) is 3.01. The molecule has 4 nitrogen and oxygen atoms in total. The summed E-state index contributed by atoms with van der Waals surface area (Å²) in [6, 6.07) is 5.74. The molecule has 0 spiro atoms. The first-order valence-corrected chi connectivity index (χ1v) is 8.10. The van der Waals surface area contributed by atoms with Crippen LogP contribution in [0.2, 0.25) is 0 Å². The Bertz CT molecular complexity index is 811. The number of aromatic amines is 1. The molecule has 3 unspecified atom stereocenters. The molecule has 4 rings (SSSR count). The van der Waals surface area contributed by atoms with Gasteiger partial charge in [-0.15, -0.1) is 0 Å². The SMILES string of the molecule is CC1CC(c2ncc3nccc-3[nH]2)CC(c2cc(F)cc(F)c2)N1. The van der Waals surface area contributed by atoms with Crippen LogP contribution in [-0.2, 0) is 0 Å². The van der Waals surface area contributed by atoms with Crippen LogP contribution in [0.25, 0.3) is 11.4 Å². The van der Waals surface area contributed by atoms with Gasteiger partial charge in [0.25, 0.3) is 0 Å². The van der Waals surface area contributed by atoms with Crippen molar-refractivity contribution in [2.75, 3.05) is 0 Å². The average molecular weight is 328 g/mol. The van der Waals surface area contributed by atoms with E-state index in [0.29, 0.717) is 5.56 Å². The van der Waals surface area contributed by atoms with Crippen LogP contribution in [0.4, 0.5) is 8.78 Å². The Labute approximate surface area is 138 Å². The molecule has 0 radical (unpaired) electrons. The number of hydrogen-bond donors (Lipinski definition) is 2. The van der Waals surface area contributed by atoms with Gasteiger partial charge < -0.3 is 10.3 Å². The maximum absolute atomic E-state index is 13.5. The lowest BCUT2D eigenvalue weighted by atomic mass is 9.84. The number of fused-ring (bicyclic) bond motifs is 1. The number of nitrogens with zero attached hydrogens (tertiary/aromatic N) is 2. The van der Waals surface area contributed by atoms with Gasteiger partial charge in [-0.2, -0.15) is 0 Å². The van der Waals surface area contributed by atoms with Gasteiger partial charge >= 0.3 is 0 Å². The number of H-pyrrole nitrogens is 1. The van der Waals surface area contributed by atoms with Crippen molar-refractivity contribution in [1.82, 2.24) is 20.3 Å². The number of benzene rings is 1. The summed E-state index contributed by atoms with van der Waals surface area (Å²) in [5.74, 6) is -0.00584. The summed E-state index contributed by atoms with van der Waals surface area (Å²) in [6.45, 7) is 2.08. The lowest BCUT2D eigenvalue weighted by Gasteiger charge is -2.34. The van der Waals surface area contributed by atoms with E-state index in [4.69, 9.17) is 0 Å². The Morgan fingerprint density at radius 1 is 1.08 bits per heavy atom. The lowest BCUT2D eigenvalue weighted by molar-refractivity contribution is 0.298. The van der Waals surface area contributed by atoms with Gasteiger partial charge in [-0.3, -0.25) is 4.98 Å².